The molecular weight excluding hydrogens is 306 g/mol. The molecule has 0 radical (unpaired) electrons. The van der Waals surface area contributed by atoms with Crippen LogP contribution in [0.4, 0.5) is 0 Å². The van der Waals surface area contributed by atoms with Crippen LogP contribution in [0.2, 0.25) is 0 Å². The minimum absolute atomic E-state index is 0.0295. The molecule has 0 fully saturated rings. The summed E-state index contributed by atoms with van der Waals surface area (Å²) in [5.74, 6) is 0.194. The summed E-state index contributed by atoms with van der Waals surface area (Å²) in [7, 11) is 0.0535. The maximum atomic E-state index is 12.0. The van der Waals surface area contributed by atoms with Crippen LogP contribution in [0.25, 0.3) is 0 Å². The Labute approximate surface area is 114 Å². The maximum Gasteiger partial charge on any atom is 0.213 e. The van der Waals surface area contributed by atoms with E-state index in [1.165, 1.54) is 4.31 Å². The normalized spacial score (nSPS) is 15.2. The SMILES string of the molecule is COCC(Br)CN(C)S(=O)(=O)CCC(C)(C)C. The molecule has 6 heteroatoms. The first-order valence-corrected chi connectivity index (χ1v) is 8.18. The molecule has 1 atom stereocenters. The average Bonchev–Trinajstić information content (AvgIpc) is 2.14. The van der Waals surface area contributed by atoms with Crippen LogP contribution in [0.3, 0.4) is 0 Å². The number of halogens is 1. The Hall–Kier alpha value is 0.350. The Morgan fingerprint density at radius 3 is 2.29 bits per heavy atom. The van der Waals surface area contributed by atoms with E-state index in [1.54, 1.807) is 14.2 Å². The van der Waals surface area contributed by atoms with E-state index >= 15 is 0 Å². The standard InChI is InChI=1S/C11H24BrNO3S/c1-11(2,3)6-7-17(14,15)13(4)8-10(12)9-16-5/h10H,6-9H2,1-5H3. The lowest BCUT2D eigenvalue weighted by molar-refractivity contribution is 0.195. The van der Waals surface area contributed by atoms with Crippen molar-refractivity contribution in [2.45, 2.75) is 32.0 Å². The lowest BCUT2D eigenvalue weighted by atomic mass is 9.94. The molecule has 0 N–H and O–H groups in total. The molecule has 0 aliphatic carbocycles. The Kier molecular flexibility index (Phi) is 7.21. The van der Waals surface area contributed by atoms with E-state index in [2.05, 4.69) is 15.9 Å². The fourth-order valence-electron chi connectivity index (χ4n) is 1.22. The molecule has 0 aliphatic rings. The average molecular weight is 330 g/mol. The van der Waals surface area contributed by atoms with E-state index in [4.69, 9.17) is 4.74 Å². The molecular formula is C11H24BrNO3S. The van der Waals surface area contributed by atoms with E-state index < -0.39 is 10.0 Å². The number of sulfonamides is 1. The van der Waals surface area contributed by atoms with Gasteiger partial charge in [-0.3, -0.25) is 0 Å². The summed E-state index contributed by atoms with van der Waals surface area (Å²) >= 11 is 3.39. The zero-order chi connectivity index (χ0) is 13.7. The highest BCUT2D eigenvalue weighted by molar-refractivity contribution is 9.09. The van der Waals surface area contributed by atoms with Gasteiger partial charge in [0.2, 0.25) is 10.0 Å². The molecule has 17 heavy (non-hydrogen) atoms. The molecule has 0 saturated heterocycles. The molecule has 104 valence electrons. The van der Waals surface area contributed by atoms with Gasteiger partial charge in [0, 0.05) is 20.7 Å². The lowest BCUT2D eigenvalue weighted by Crippen LogP contribution is -2.36. The predicted octanol–water partition coefficient (Wildman–Crippen LogP) is 2.09. The first-order valence-electron chi connectivity index (χ1n) is 5.65. The largest absolute Gasteiger partial charge is 0.383 e. The van der Waals surface area contributed by atoms with Crippen molar-refractivity contribution in [3.05, 3.63) is 0 Å². The zero-order valence-corrected chi connectivity index (χ0v) is 13.8. The lowest BCUT2D eigenvalue weighted by Gasteiger charge is -2.23. The summed E-state index contributed by atoms with van der Waals surface area (Å²) in [5.41, 5.74) is 0.0360. The van der Waals surface area contributed by atoms with Crippen molar-refractivity contribution < 1.29 is 13.2 Å². The predicted molar refractivity (Wildman–Crippen MR) is 75.1 cm³/mol. The van der Waals surface area contributed by atoms with Gasteiger partial charge < -0.3 is 4.74 Å². The second-order valence-electron chi connectivity index (χ2n) is 5.46. The van der Waals surface area contributed by atoms with E-state index in [0.29, 0.717) is 19.6 Å². The molecule has 4 nitrogen and oxygen atoms in total. The number of hydrogen-bond acceptors (Lipinski definition) is 3. The van der Waals surface area contributed by atoms with Gasteiger partial charge in [0.1, 0.15) is 0 Å². The van der Waals surface area contributed by atoms with Gasteiger partial charge in [-0.1, -0.05) is 36.7 Å². The van der Waals surface area contributed by atoms with Crippen LogP contribution < -0.4 is 0 Å². The van der Waals surface area contributed by atoms with Crippen molar-refractivity contribution in [3.63, 3.8) is 0 Å². The molecule has 0 amide bonds. The van der Waals surface area contributed by atoms with E-state index in [0.717, 1.165) is 0 Å². The molecule has 0 spiro atoms. The van der Waals surface area contributed by atoms with Crippen LogP contribution in [0.1, 0.15) is 27.2 Å². The van der Waals surface area contributed by atoms with Gasteiger partial charge in [0.15, 0.2) is 0 Å². The van der Waals surface area contributed by atoms with Crippen molar-refractivity contribution in [3.8, 4) is 0 Å². The van der Waals surface area contributed by atoms with E-state index in [1.807, 2.05) is 20.8 Å². The quantitative estimate of drug-likeness (QED) is 0.672. The Morgan fingerprint density at radius 1 is 1.35 bits per heavy atom. The van der Waals surface area contributed by atoms with E-state index in [-0.39, 0.29) is 16.0 Å². The van der Waals surface area contributed by atoms with Gasteiger partial charge >= 0.3 is 0 Å². The van der Waals surface area contributed by atoms with Gasteiger partial charge in [-0.2, -0.15) is 0 Å². The molecule has 0 aliphatic heterocycles. The number of ether oxygens (including phenoxy) is 1. The molecule has 0 aromatic heterocycles. The Morgan fingerprint density at radius 2 is 1.88 bits per heavy atom. The molecule has 0 aromatic carbocycles. The van der Waals surface area contributed by atoms with Crippen LogP contribution in [0.5, 0.6) is 0 Å². The molecule has 0 heterocycles. The fraction of sp³-hybridized carbons (Fsp3) is 1.00. The molecule has 0 saturated carbocycles. The van der Waals surface area contributed by atoms with Crippen molar-refractivity contribution in [1.29, 1.82) is 0 Å². The third kappa shape index (κ3) is 8.13. The van der Waals surface area contributed by atoms with Crippen molar-refractivity contribution in [2.24, 2.45) is 5.41 Å². The minimum Gasteiger partial charge on any atom is -0.383 e. The summed E-state index contributed by atoms with van der Waals surface area (Å²) in [4.78, 5) is 0.0295. The van der Waals surface area contributed by atoms with Crippen LogP contribution >= 0.6 is 15.9 Å². The third-order valence-electron chi connectivity index (χ3n) is 2.39. The number of rotatable bonds is 7. The van der Waals surface area contributed by atoms with Crippen LogP contribution in [-0.2, 0) is 14.8 Å². The Balaban J connectivity index is 4.31. The molecule has 1 unspecified atom stereocenters. The highest BCUT2D eigenvalue weighted by Gasteiger charge is 2.23. The summed E-state index contributed by atoms with van der Waals surface area (Å²) in [6.07, 6.45) is 0.664. The summed E-state index contributed by atoms with van der Waals surface area (Å²) < 4.78 is 30.3. The summed E-state index contributed by atoms with van der Waals surface area (Å²) in [6, 6.07) is 0. The molecule has 0 rings (SSSR count). The summed E-state index contributed by atoms with van der Waals surface area (Å²) in [5, 5.41) is 0. The first-order chi connectivity index (χ1) is 7.58. The van der Waals surface area contributed by atoms with Crippen molar-refractivity contribution in [2.75, 3.05) is 33.1 Å². The van der Waals surface area contributed by atoms with Gasteiger partial charge in [0.05, 0.1) is 17.2 Å². The Bertz CT molecular complexity index is 311. The van der Waals surface area contributed by atoms with Crippen molar-refractivity contribution >= 4 is 26.0 Å². The van der Waals surface area contributed by atoms with Crippen LogP contribution in [0, 0.1) is 5.41 Å². The monoisotopic (exact) mass is 329 g/mol. The highest BCUT2D eigenvalue weighted by atomic mass is 79.9. The second kappa shape index (κ2) is 7.07. The van der Waals surface area contributed by atoms with Gasteiger partial charge in [-0.25, -0.2) is 12.7 Å². The number of alkyl halides is 1. The smallest absolute Gasteiger partial charge is 0.213 e. The highest BCUT2D eigenvalue weighted by Crippen LogP contribution is 2.20. The van der Waals surface area contributed by atoms with Gasteiger partial charge in [-0.05, 0) is 11.8 Å². The van der Waals surface area contributed by atoms with Gasteiger partial charge in [-0.15, -0.1) is 0 Å². The van der Waals surface area contributed by atoms with E-state index in [9.17, 15) is 8.42 Å². The molecule has 0 bridgehead atoms. The fourth-order valence-corrected chi connectivity index (χ4v) is 3.70. The minimum atomic E-state index is -3.16. The number of methoxy groups -OCH3 is 1. The van der Waals surface area contributed by atoms with Gasteiger partial charge in [0.25, 0.3) is 0 Å². The maximum absolute atomic E-state index is 12.0. The third-order valence-corrected chi connectivity index (χ3v) is 4.76. The second-order valence-corrected chi connectivity index (χ2v) is 8.95. The zero-order valence-electron chi connectivity index (χ0n) is 11.4. The van der Waals surface area contributed by atoms with Crippen molar-refractivity contribution in [1.82, 2.24) is 4.31 Å². The molecule has 0 aromatic rings. The number of nitrogens with zero attached hydrogens (tertiary/aromatic N) is 1. The van der Waals surface area contributed by atoms with Crippen LogP contribution in [-0.4, -0.2) is 50.6 Å². The summed E-state index contributed by atoms with van der Waals surface area (Å²) in [6.45, 7) is 7.06. The van der Waals surface area contributed by atoms with Crippen LogP contribution in [0.15, 0.2) is 0 Å². The first kappa shape index (κ1) is 17.4. The topological polar surface area (TPSA) is 46.6 Å². The number of hydrogen-bond donors (Lipinski definition) is 0.